The van der Waals surface area contributed by atoms with Gasteiger partial charge in [0.2, 0.25) is 0 Å². The molecule has 3 aromatic heterocycles. The van der Waals surface area contributed by atoms with Gasteiger partial charge in [-0.2, -0.15) is 0 Å². The molecule has 3 rings (SSSR count). The quantitative estimate of drug-likeness (QED) is 0.647. The Morgan fingerprint density at radius 3 is 2.93 bits per heavy atom. The maximum atomic E-state index is 4.26. The number of nitrogens with one attached hydrogen (secondary N) is 1. The van der Waals surface area contributed by atoms with Crippen LogP contribution in [0.2, 0.25) is 0 Å². The van der Waals surface area contributed by atoms with Crippen LogP contribution in [0.15, 0.2) is 43.0 Å². The highest BCUT2D eigenvalue weighted by Crippen LogP contribution is 2.19. The van der Waals surface area contributed by atoms with Crippen LogP contribution in [0.3, 0.4) is 0 Å². The molecule has 0 bridgehead atoms. The van der Waals surface area contributed by atoms with E-state index in [4.69, 9.17) is 0 Å². The van der Waals surface area contributed by atoms with Crippen LogP contribution in [-0.4, -0.2) is 19.9 Å². The highest BCUT2D eigenvalue weighted by atomic mass is 14.9. The Balaban J connectivity index is 2.21. The van der Waals surface area contributed by atoms with Crippen LogP contribution in [0.1, 0.15) is 0 Å². The monoisotopic (exact) mass is 196 g/mol. The minimum atomic E-state index is 0.839. The summed E-state index contributed by atoms with van der Waals surface area (Å²) in [6, 6.07) is 7.81. The molecule has 4 heteroatoms. The summed E-state index contributed by atoms with van der Waals surface area (Å²) < 4.78 is 0. The van der Waals surface area contributed by atoms with Gasteiger partial charge in [0.15, 0.2) is 0 Å². The molecule has 15 heavy (non-hydrogen) atoms. The minimum absolute atomic E-state index is 0.839. The number of pyridine rings is 1. The summed E-state index contributed by atoms with van der Waals surface area (Å²) in [7, 11) is 0. The Kier molecular flexibility index (Phi) is 1.71. The SMILES string of the molecule is c1ccc(-c2cc3cncnc3[nH]2)nc1. The Hall–Kier alpha value is -2.23. The molecule has 0 aliphatic heterocycles. The van der Waals surface area contributed by atoms with Crippen molar-refractivity contribution in [3.05, 3.63) is 43.0 Å². The van der Waals surface area contributed by atoms with Gasteiger partial charge in [-0.1, -0.05) is 6.07 Å². The lowest BCUT2D eigenvalue weighted by molar-refractivity contribution is 1.20. The van der Waals surface area contributed by atoms with Crippen LogP contribution >= 0.6 is 0 Å². The van der Waals surface area contributed by atoms with E-state index >= 15 is 0 Å². The first-order valence-electron chi connectivity index (χ1n) is 4.63. The molecule has 3 aromatic rings. The number of hydrogen-bond acceptors (Lipinski definition) is 3. The first kappa shape index (κ1) is 8.11. The second-order valence-electron chi connectivity index (χ2n) is 3.22. The molecule has 0 aliphatic carbocycles. The first-order valence-corrected chi connectivity index (χ1v) is 4.63. The van der Waals surface area contributed by atoms with Crippen molar-refractivity contribution < 1.29 is 0 Å². The number of nitrogens with zero attached hydrogens (tertiary/aromatic N) is 3. The maximum absolute atomic E-state index is 4.26. The van der Waals surface area contributed by atoms with Gasteiger partial charge in [0.05, 0.1) is 11.4 Å². The number of rotatable bonds is 1. The summed E-state index contributed by atoms with van der Waals surface area (Å²) >= 11 is 0. The Morgan fingerprint density at radius 1 is 1.13 bits per heavy atom. The third-order valence-corrected chi connectivity index (χ3v) is 2.23. The molecular formula is C11H8N4. The molecule has 0 spiro atoms. The topological polar surface area (TPSA) is 54.5 Å². The number of H-pyrrole nitrogens is 1. The van der Waals surface area contributed by atoms with Crippen molar-refractivity contribution in [2.24, 2.45) is 0 Å². The summed E-state index contributed by atoms with van der Waals surface area (Å²) in [4.78, 5) is 15.6. The second kappa shape index (κ2) is 3.16. The summed E-state index contributed by atoms with van der Waals surface area (Å²) in [6.07, 6.45) is 5.08. The van der Waals surface area contributed by atoms with Crippen LogP contribution in [0.25, 0.3) is 22.4 Å². The van der Waals surface area contributed by atoms with E-state index < -0.39 is 0 Å². The van der Waals surface area contributed by atoms with Crippen molar-refractivity contribution in [2.45, 2.75) is 0 Å². The minimum Gasteiger partial charge on any atom is -0.338 e. The highest BCUT2D eigenvalue weighted by molar-refractivity contribution is 5.81. The van der Waals surface area contributed by atoms with E-state index in [-0.39, 0.29) is 0 Å². The highest BCUT2D eigenvalue weighted by Gasteiger charge is 2.03. The predicted octanol–water partition coefficient (Wildman–Crippen LogP) is 2.02. The Bertz CT molecular complexity index is 553. The van der Waals surface area contributed by atoms with Crippen molar-refractivity contribution in [1.82, 2.24) is 19.9 Å². The molecule has 0 fully saturated rings. The average molecular weight is 196 g/mol. The lowest BCUT2D eigenvalue weighted by atomic mass is 10.2. The molecule has 0 unspecified atom stereocenters. The van der Waals surface area contributed by atoms with Gasteiger partial charge in [-0.25, -0.2) is 9.97 Å². The lowest BCUT2D eigenvalue weighted by Crippen LogP contribution is -1.81. The van der Waals surface area contributed by atoms with Crippen LogP contribution in [0.4, 0.5) is 0 Å². The standard InChI is InChI=1S/C11H8N4/c1-2-4-13-9(3-1)10-5-8-6-12-7-14-11(8)15-10/h1-7H,(H,12,14,15). The fraction of sp³-hybridized carbons (Fsp3) is 0. The van der Waals surface area contributed by atoms with E-state index in [0.29, 0.717) is 0 Å². The molecular weight excluding hydrogens is 188 g/mol. The summed E-state index contributed by atoms with van der Waals surface area (Å²) in [5.41, 5.74) is 2.72. The molecule has 0 amide bonds. The largest absolute Gasteiger partial charge is 0.338 e. The van der Waals surface area contributed by atoms with E-state index in [1.807, 2.05) is 24.3 Å². The molecule has 1 N–H and O–H groups in total. The average Bonchev–Trinajstić information content (AvgIpc) is 2.74. The smallest absolute Gasteiger partial charge is 0.141 e. The predicted molar refractivity (Wildman–Crippen MR) is 57.1 cm³/mol. The lowest BCUT2D eigenvalue weighted by Gasteiger charge is -1.93. The second-order valence-corrected chi connectivity index (χ2v) is 3.22. The normalized spacial score (nSPS) is 10.7. The molecule has 72 valence electrons. The molecule has 4 nitrogen and oxygen atoms in total. The van der Waals surface area contributed by atoms with Gasteiger partial charge in [0.25, 0.3) is 0 Å². The van der Waals surface area contributed by atoms with Crippen molar-refractivity contribution in [1.29, 1.82) is 0 Å². The molecule has 0 atom stereocenters. The molecule has 0 saturated carbocycles. The third-order valence-electron chi connectivity index (χ3n) is 2.23. The fourth-order valence-corrected chi connectivity index (χ4v) is 1.53. The van der Waals surface area contributed by atoms with E-state index in [1.165, 1.54) is 6.33 Å². The van der Waals surface area contributed by atoms with Gasteiger partial charge in [-0.15, -0.1) is 0 Å². The molecule has 0 saturated heterocycles. The van der Waals surface area contributed by atoms with E-state index in [0.717, 1.165) is 22.4 Å². The summed E-state index contributed by atoms with van der Waals surface area (Å²) in [5.74, 6) is 0. The summed E-state index contributed by atoms with van der Waals surface area (Å²) in [5, 5.41) is 0.998. The van der Waals surface area contributed by atoms with Crippen LogP contribution < -0.4 is 0 Å². The van der Waals surface area contributed by atoms with Gasteiger partial charge in [0.1, 0.15) is 12.0 Å². The Morgan fingerprint density at radius 2 is 2.13 bits per heavy atom. The molecule has 3 heterocycles. The van der Waals surface area contributed by atoms with Gasteiger partial charge in [-0.05, 0) is 18.2 Å². The van der Waals surface area contributed by atoms with Crippen molar-refractivity contribution >= 4 is 11.0 Å². The molecule has 0 aliphatic rings. The Labute approximate surface area is 86.0 Å². The van der Waals surface area contributed by atoms with Crippen molar-refractivity contribution in [3.8, 4) is 11.4 Å². The maximum Gasteiger partial charge on any atom is 0.141 e. The first-order chi connectivity index (χ1) is 7.43. The summed E-state index contributed by atoms with van der Waals surface area (Å²) in [6.45, 7) is 0. The van der Waals surface area contributed by atoms with Crippen LogP contribution in [-0.2, 0) is 0 Å². The number of hydrogen-bond donors (Lipinski definition) is 1. The molecule has 0 aromatic carbocycles. The third kappa shape index (κ3) is 1.36. The van der Waals surface area contributed by atoms with Crippen molar-refractivity contribution in [3.63, 3.8) is 0 Å². The van der Waals surface area contributed by atoms with E-state index in [9.17, 15) is 0 Å². The van der Waals surface area contributed by atoms with Crippen LogP contribution in [0.5, 0.6) is 0 Å². The van der Waals surface area contributed by atoms with Crippen LogP contribution in [0, 0.1) is 0 Å². The van der Waals surface area contributed by atoms with Crippen molar-refractivity contribution in [2.75, 3.05) is 0 Å². The van der Waals surface area contributed by atoms with Gasteiger partial charge < -0.3 is 4.98 Å². The van der Waals surface area contributed by atoms with Gasteiger partial charge in [0, 0.05) is 17.8 Å². The number of aromatic nitrogens is 4. The zero-order chi connectivity index (χ0) is 10.1. The number of fused-ring (bicyclic) bond motifs is 1. The zero-order valence-electron chi connectivity index (χ0n) is 7.88. The zero-order valence-corrected chi connectivity index (χ0v) is 7.88. The van der Waals surface area contributed by atoms with Gasteiger partial charge in [-0.3, -0.25) is 4.98 Å². The number of aromatic amines is 1. The van der Waals surface area contributed by atoms with E-state index in [2.05, 4.69) is 19.9 Å². The van der Waals surface area contributed by atoms with E-state index in [1.54, 1.807) is 12.4 Å². The fourth-order valence-electron chi connectivity index (χ4n) is 1.53. The molecule has 0 radical (unpaired) electrons. The van der Waals surface area contributed by atoms with Gasteiger partial charge >= 0.3 is 0 Å².